The topological polar surface area (TPSA) is 63.7 Å². The number of aliphatic imine (C=N–C) groups is 1. The molecule has 0 bridgehead atoms. The van der Waals surface area contributed by atoms with E-state index in [0.29, 0.717) is 0 Å². The highest BCUT2D eigenvalue weighted by atomic mass is 35.5. The van der Waals surface area contributed by atoms with E-state index in [-0.39, 0.29) is 5.56 Å². The minimum absolute atomic E-state index is 0.113. The quantitative estimate of drug-likeness (QED) is 0.571. The number of benzene rings is 1. The average molecular weight is 464 g/mol. The molecule has 1 saturated heterocycles. The van der Waals surface area contributed by atoms with E-state index in [9.17, 15) is 4.79 Å². The normalized spacial score (nSPS) is 17.4. The number of hydrogen-bond donors (Lipinski definition) is 2. The van der Waals surface area contributed by atoms with Gasteiger partial charge < -0.3 is 20.1 Å². The highest BCUT2D eigenvalue weighted by Gasteiger charge is 2.18. The number of halogens is 1. The third-order valence-electron chi connectivity index (χ3n) is 6.08. The van der Waals surface area contributed by atoms with Gasteiger partial charge in [-0.25, -0.2) is 0 Å². The van der Waals surface area contributed by atoms with Crippen LogP contribution in [0.15, 0.2) is 76.4 Å². The van der Waals surface area contributed by atoms with Crippen LogP contribution in [-0.2, 0) is 0 Å². The first-order valence-corrected chi connectivity index (χ1v) is 11.7. The number of piperazine rings is 1. The zero-order valence-electron chi connectivity index (χ0n) is 19.1. The molecule has 2 aromatic rings. The molecule has 0 amide bonds. The Morgan fingerprint density at radius 1 is 1.18 bits per heavy atom. The lowest BCUT2D eigenvalue weighted by molar-refractivity contribution is 0.271. The number of aromatic amines is 1. The maximum atomic E-state index is 11.6. The molecule has 0 saturated carbocycles. The van der Waals surface area contributed by atoms with E-state index in [4.69, 9.17) is 11.6 Å². The van der Waals surface area contributed by atoms with Gasteiger partial charge in [0.05, 0.1) is 22.1 Å². The van der Waals surface area contributed by atoms with Gasteiger partial charge in [-0.1, -0.05) is 30.7 Å². The van der Waals surface area contributed by atoms with E-state index in [0.717, 1.165) is 78.1 Å². The van der Waals surface area contributed by atoms with Crippen LogP contribution in [0.2, 0.25) is 5.02 Å². The minimum Gasteiger partial charge on any atom is -0.368 e. The fourth-order valence-corrected chi connectivity index (χ4v) is 4.35. The van der Waals surface area contributed by atoms with Crippen LogP contribution >= 0.6 is 11.6 Å². The number of nitrogens with one attached hydrogen (secondary N) is 2. The first-order chi connectivity index (χ1) is 16.0. The molecule has 0 radical (unpaired) electrons. The van der Waals surface area contributed by atoms with E-state index in [2.05, 4.69) is 44.1 Å². The highest BCUT2D eigenvalue weighted by Crippen LogP contribution is 2.30. The summed E-state index contributed by atoms with van der Waals surface area (Å²) in [5.41, 5.74) is 5.62. The molecule has 2 N–H and O–H groups in total. The van der Waals surface area contributed by atoms with Crippen LogP contribution in [0.1, 0.15) is 25.8 Å². The summed E-state index contributed by atoms with van der Waals surface area (Å²) in [6.07, 6.45) is 10.3. The van der Waals surface area contributed by atoms with Gasteiger partial charge in [0.2, 0.25) is 5.56 Å². The maximum Gasteiger partial charge on any atom is 0.248 e. The van der Waals surface area contributed by atoms with Crippen LogP contribution in [-0.4, -0.2) is 48.3 Å². The number of pyridine rings is 1. The molecule has 4 rings (SSSR count). The van der Waals surface area contributed by atoms with Crippen molar-refractivity contribution in [1.82, 2.24) is 9.88 Å². The van der Waals surface area contributed by atoms with Gasteiger partial charge in [0, 0.05) is 56.8 Å². The molecule has 0 atom stereocenters. The van der Waals surface area contributed by atoms with Crippen LogP contribution in [0.3, 0.4) is 0 Å². The Morgan fingerprint density at radius 3 is 2.67 bits per heavy atom. The molecule has 172 valence electrons. The van der Waals surface area contributed by atoms with Crippen molar-refractivity contribution < 1.29 is 0 Å². The summed E-state index contributed by atoms with van der Waals surface area (Å²) in [7, 11) is 0. The first-order valence-electron chi connectivity index (χ1n) is 11.4. The van der Waals surface area contributed by atoms with E-state index >= 15 is 0 Å². The predicted octanol–water partition coefficient (Wildman–Crippen LogP) is 4.93. The molecule has 1 aromatic heterocycles. The smallest absolute Gasteiger partial charge is 0.248 e. The second kappa shape index (κ2) is 10.7. The molecule has 2 aliphatic heterocycles. The number of rotatable bonds is 7. The third-order valence-corrected chi connectivity index (χ3v) is 6.38. The molecule has 6 nitrogen and oxygen atoms in total. The summed E-state index contributed by atoms with van der Waals surface area (Å²) >= 11 is 6.70. The molecule has 1 aromatic carbocycles. The van der Waals surface area contributed by atoms with Crippen molar-refractivity contribution in [3.8, 4) is 0 Å². The molecular formula is C26H30ClN5O. The molecule has 2 aliphatic rings. The third kappa shape index (κ3) is 5.83. The first kappa shape index (κ1) is 23.1. The maximum absolute atomic E-state index is 11.6. The van der Waals surface area contributed by atoms with Crippen LogP contribution in [0.4, 0.5) is 11.4 Å². The monoisotopic (exact) mass is 463 g/mol. The van der Waals surface area contributed by atoms with Crippen molar-refractivity contribution in [3.63, 3.8) is 0 Å². The largest absolute Gasteiger partial charge is 0.368 e. The Hall–Kier alpha value is -3.09. The molecule has 33 heavy (non-hydrogen) atoms. The Balaban J connectivity index is 1.53. The van der Waals surface area contributed by atoms with Crippen molar-refractivity contribution in [2.75, 3.05) is 42.9 Å². The second-order valence-corrected chi connectivity index (χ2v) is 8.66. The Bertz CT molecular complexity index is 1170. The standard InChI is InChI=1S/C26H30ClN5O/c1-3-31-13-15-32(16-14-31)25-9-7-21(18-22(25)27)30-24(23-5-4-11-28-23)8-6-19(2)20-10-12-29-26(33)17-20/h4,6-12,17-18,30H,3,5,13-16H2,1-2H3,(H,29,33)/b19-6+,24-8+. The highest BCUT2D eigenvalue weighted by molar-refractivity contribution is 6.33. The van der Waals surface area contributed by atoms with Crippen molar-refractivity contribution in [3.05, 3.63) is 87.6 Å². The summed E-state index contributed by atoms with van der Waals surface area (Å²) in [5.74, 6) is 0. The Labute approximate surface area is 200 Å². The number of hydrogen-bond acceptors (Lipinski definition) is 5. The lowest BCUT2D eigenvalue weighted by Gasteiger charge is -2.36. The van der Waals surface area contributed by atoms with Crippen molar-refractivity contribution in [2.45, 2.75) is 20.3 Å². The molecule has 0 aliphatic carbocycles. The number of allylic oxidation sites excluding steroid dienone is 5. The zero-order chi connectivity index (χ0) is 23.2. The second-order valence-electron chi connectivity index (χ2n) is 8.25. The van der Waals surface area contributed by atoms with E-state index in [1.54, 1.807) is 12.3 Å². The fourth-order valence-electron chi connectivity index (χ4n) is 4.05. The van der Waals surface area contributed by atoms with Crippen molar-refractivity contribution >= 4 is 34.3 Å². The number of H-pyrrole nitrogens is 1. The summed E-state index contributed by atoms with van der Waals surface area (Å²) in [5, 5.41) is 4.23. The van der Waals surface area contributed by atoms with Crippen molar-refractivity contribution in [2.24, 2.45) is 4.99 Å². The van der Waals surface area contributed by atoms with E-state index in [1.165, 1.54) is 0 Å². The Morgan fingerprint density at radius 2 is 2.00 bits per heavy atom. The molecule has 1 fully saturated rings. The van der Waals surface area contributed by atoms with Gasteiger partial charge in [-0.05, 0) is 54.9 Å². The van der Waals surface area contributed by atoms with E-state index < -0.39 is 0 Å². The van der Waals surface area contributed by atoms with Gasteiger partial charge in [0.25, 0.3) is 0 Å². The number of nitrogens with zero attached hydrogens (tertiary/aromatic N) is 3. The van der Waals surface area contributed by atoms with Gasteiger partial charge in [-0.3, -0.25) is 9.79 Å². The summed E-state index contributed by atoms with van der Waals surface area (Å²) in [4.78, 5) is 23.6. The zero-order valence-corrected chi connectivity index (χ0v) is 19.9. The SMILES string of the molecule is CCN1CCN(c2ccc(N/C(=C/C=C(\C)c3cc[nH]c(=O)c3)C3=NC=CC3)cc2Cl)CC1. The van der Waals surface area contributed by atoms with Crippen LogP contribution in [0.25, 0.3) is 5.57 Å². The number of anilines is 2. The number of aromatic nitrogens is 1. The summed E-state index contributed by atoms with van der Waals surface area (Å²) in [6.45, 7) is 9.38. The van der Waals surface area contributed by atoms with Gasteiger partial charge in [-0.15, -0.1) is 0 Å². The molecule has 0 unspecified atom stereocenters. The predicted molar refractivity (Wildman–Crippen MR) is 139 cm³/mol. The van der Waals surface area contributed by atoms with Gasteiger partial charge >= 0.3 is 0 Å². The van der Waals surface area contributed by atoms with Gasteiger partial charge in [0.15, 0.2) is 0 Å². The fraction of sp³-hybridized carbons (Fsp3) is 0.308. The summed E-state index contributed by atoms with van der Waals surface area (Å²) < 4.78 is 0. The molecular weight excluding hydrogens is 434 g/mol. The number of likely N-dealkylation sites (N-methyl/N-ethyl adjacent to an activating group) is 1. The molecule has 3 heterocycles. The average Bonchev–Trinajstić information content (AvgIpc) is 3.37. The minimum atomic E-state index is -0.113. The van der Waals surface area contributed by atoms with Crippen LogP contribution in [0, 0.1) is 0 Å². The van der Waals surface area contributed by atoms with Crippen LogP contribution < -0.4 is 15.8 Å². The van der Waals surface area contributed by atoms with Crippen molar-refractivity contribution in [1.29, 1.82) is 0 Å². The molecule has 7 heteroatoms. The van der Waals surface area contributed by atoms with Gasteiger partial charge in [0.1, 0.15) is 0 Å². The van der Waals surface area contributed by atoms with Crippen LogP contribution in [0.5, 0.6) is 0 Å². The lowest BCUT2D eigenvalue weighted by atomic mass is 10.1. The lowest BCUT2D eigenvalue weighted by Crippen LogP contribution is -2.46. The van der Waals surface area contributed by atoms with E-state index in [1.807, 2.05) is 43.5 Å². The molecule has 0 spiro atoms. The van der Waals surface area contributed by atoms with Gasteiger partial charge in [-0.2, -0.15) is 0 Å². The summed E-state index contributed by atoms with van der Waals surface area (Å²) in [6, 6.07) is 9.63. The Kier molecular flexibility index (Phi) is 7.47.